The molecular formula is C17H18N2O2S2. The van der Waals surface area contributed by atoms with E-state index in [0.717, 1.165) is 29.5 Å². The van der Waals surface area contributed by atoms with Crippen molar-refractivity contribution in [2.45, 2.75) is 4.90 Å². The van der Waals surface area contributed by atoms with Crippen molar-refractivity contribution >= 4 is 34.8 Å². The predicted octanol–water partition coefficient (Wildman–Crippen LogP) is 3.54. The fourth-order valence-corrected chi connectivity index (χ4v) is 3.16. The van der Waals surface area contributed by atoms with Crippen LogP contribution >= 0.6 is 24.0 Å². The number of thiocarbonyl (C=S) groups is 1. The topological polar surface area (TPSA) is 42.5 Å². The molecular weight excluding hydrogens is 328 g/mol. The number of anilines is 1. The molecule has 2 aromatic rings. The van der Waals surface area contributed by atoms with Crippen LogP contribution in [-0.2, 0) is 0 Å². The van der Waals surface area contributed by atoms with Crippen LogP contribution in [0.3, 0.4) is 0 Å². The van der Waals surface area contributed by atoms with Gasteiger partial charge in [0.25, 0.3) is 0 Å². The van der Waals surface area contributed by atoms with E-state index >= 15 is 0 Å². The maximum Gasteiger partial charge on any atom is 0.170 e. The van der Waals surface area contributed by atoms with Crippen LogP contribution in [0, 0.1) is 0 Å². The fraction of sp³-hybridized carbons (Fsp3) is 0.235. The van der Waals surface area contributed by atoms with Crippen molar-refractivity contribution < 1.29 is 9.47 Å². The molecule has 2 N–H and O–H groups in total. The number of thioether (sulfide) groups is 1. The monoisotopic (exact) mass is 346 g/mol. The van der Waals surface area contributed by atoms with E-state index in [-0.39, 0.29) is 0 Å². The van der Waals surface area contributed by atoms with Gasteiger partial charge in [-0.3, -0.25) is 0 Å². The fourth-order valence-electron chi connectivity index (χ4n) is 2.15. The maximum atomic E-state index is 5.56. The lowest BCUT2D eigenvalue weighted by Crippen LogP contribution is -2.30. The van der Waals surface area contributed by atoms with Gasteiger partial charge in [0.05, 0.1) is 0 Å². The lowest BCUT2D eigenvalue weighted by atomic mass is 10.2. The molecule has 0 unspecified atom stereocenters. The zero-order chi connectivity index (χ0) is 15.9. The van der Waals surface area contributed by atoms with E-state index in [1.54, 1.807) is 11.8 Å². The van der Waals surface area contributed by atoms with E-state index in [1.165, 1.54) is 4.90 Å². The summed E-state index contributed by atoms with van der Waals surface area (Å²) >= 11 is 7.12. The highest BCUT2D eigenvalue weighted by molar-refractivity contribution is 7.99. The summed E-state index contributed by atoms with van der Waals surface area (Å²) in [5.41, 5.74) is 0.891. The van der Waals surface area contributed by atoms with Crippen molar-refractivity contribution in [2.75, 3.05) is 30.8 Å². The van der Waals surface area contributed by atoms with Crippen molar-refractivity contribution in [2.24, 2.45) is 0 Å². The number of hydrogen-bond acceptors (Lipinski definition) is 4. The number of hydrogen-bond donors (Lipinski definition) is 2. The average Bonchev–Trinajstić information content (AvgIpc) is 2.59. The van der Waals surface area contributed by atoms with Gasteiger partial charge >= 0.3 is 0 Å². The molecule has 120 valence electrons. The van der Waals surface area contributed by atoms with E-state index in [9.17, 15) is 0 Å². The quantitative estimate of drug-likeness (QED) is 0.490. The number of rotatable bonds is 5. The third-order valence-corrected chi connectivity index (χ3v) is 4.46. The lowest BCUT2D eigenvalue weighted by molar-refractivity contribution is 0.171. The highest BCUT2D eigenvalue weighted by atomic mass is 32.2. The third-order valence-electron chi connectivity index (χ3n) is 3.20. The SMILES string of the molecule is S=C(NCCSc1ccccc1)Nc1ccc2c(c1)OCCO2. The van der Waals surface area contributed by atoms with E-state index in [2.05, 4.69) is 22.8 Å². The van der Waals surface area contributed by atoms with Gasteiger partial charge in [-0.2, -0.15) is 0 Å². The van der Waals surface area contributed by atoms with Crippen molar-refractivity contribution in [3.05, 3.63) is 48.5 Å². The molecule has 23 heavy (non-hydrogen) atoms. The van der Waals surface area contributed by atoms with Gasteiger partial charge in [0.1, 0.15) is 13.2 Å². The zero-order valence-corrected chi connectivity index (χ0v) is 14.2. The molecule has 1 aliphatic heterocycles. The molecule has 0 aliphatic carbocycles. The molecule has 1 heterocycles. The zero-order valence-electron chi connectivity index (χ0n) is 12.6. The van der Waals surface area contributed by atoms with Gasteiger partial charge in [-0.15, -0.1) is 11.8 Å². The van der Waals surface area contributed by atoms with Crippen molar-refractivity contribution in [3.8, 4) is 11.5 Å². The second kappa shape index (κ2) is 8.08. The van der Waals surface area contributed by atoms with Crippen molar-refractivity contribution in [1.29, 1.82) is 0 Å². The standard InChI is InChI=1S/C17H18N2O2S2/c22-17(18-8-11-23-14-4-2-1-3-5-14)19-13-6-7-15-16(12-13)21-10-9-20-15/h1-7,12H,8-11H2,(H2,18,19,22). The minimum absolute atomic E-state index is 0.579. The smallest absolute Gasteiger partial charge is 0.170 e. The summed E-state index contributed by atoms with van der Waals surface area (Å²) in [5, 5.41) is 6.98. The van der Waals surface area contributed by atoms with Crippen molar-refractivity contribution in [1.82, 2.24) is 5.32 Å². The summed E-state index contributed by atoms with van der Waals surface area (Å²) in [4.78, 5) is 1.26. The molecule has 0 spiro atoms. The highest BCUT2D eigenvalue weighted by Crippen LogP contribution is 2.32. The summed E-state index contributed by atoms with van der Waals surface area (Å²) in [7, 11) is 0. The van der Waals surface area contributed by atoms with Crippen LogP contribution in [0.1, 0.15) is 0 Å². The molecule has 0 saturated heterocycles. The summed E-state index contributed by atoms with van der Waals surface area (Å²) in [6.07, 6.45) is 0. The average molecular weight is 346 g/mol. The van der Waals surface area contributed by atoms with Gasteiger partial charge in [-0.05, 0) is 36.5 Å². The number of nitrogens with one attached hydrogen (secondary N) is 2. The number of ether oxygens (including phenoxy) is 2. The van der Waals surface area contributed by atoms with Gasteiger partial charge < -0.3 is 20.1 Å². The molecule has 0 atom stereocenters. The minimum Gasteiger partial charge on any atom is -0.486 e. The third kappa shape index (κ3) is 4.77. The first-order chi connectivity index (χ1) is 11.3. The molecule has 0 amide bonds. The van der Waals surface area contributed by atoms with Gasteiger partial charge in [0.2, 0.25) is 0 Å². The van der Waals surface area contributed by atoms with Gasteiger partial charge in [-0.25, -0.2) is 0 Å². The van der Waals surface area contributed by atoms with Crippen LogP contribution in [0.2, 0.25) is 0 Å². The summed E-state index contributed by atoms with van der Waals surface area (Å²) in [5.74, 6) is 2.48. The second-order valence-corrected chi connectivity index (χ2v) is 6.48. The van der Waals surface area contributed by atoms with E-state index < -0.39 is 0 Å². The summed E-state index contributed by atoms with van der Waals surface area (Å²) in [6.45, 7) is 1.98. The van der Waals surface area contributed by atoms with Crippen LogP contribution in [-0.4, -0.2) is 30.6 Å². The van der Waals surface area contributed by atoms with Crippen LogP contribution in [0.25, 0.3) is 0 Å². The Morgan fingerprint density at radius 3 is 2.65 bits per heavy atom. The van der Waals surface area contributed by atoms with Crippen molar-refractivity contribution in [3.63, 3.8) is 0 Å². The van der Waals surface area contributed by atoms with E-state index in [0.29, 0.717) is 18.3 Å². The predicted molar refractivity (Wildman–Crippen MR) is 98.8 cm³/mol. The van der Waals surface area contributed by atoms with Gasteiger partial charge in [0, 0.05) is 28.9 Å². The van der Waals surface area contributed by atoms with E-state index in [1.807, 2.05) is 36.4 Å². The molecule has 2 aromatic carbocycles. The molecule has 0 radical (unpaired) electrons. The molecule has 4 nitrogen and oxygen atoms in total. The second-order valence-electron chi connectivity index (χ2n) is 4.90. The van der Waals surface area contributed by atoms with Crippen LogP contribution in [0.15, 0.2) is 53.4 Å². The molecule has 1 aliphatic rings. The Morgan fingerprint density at radius 1 is 1.04 bits per heavy atom. The van der Waals surface area contributed by atoms with Crippen LogP contribution in [0.4, 0.5) is 5.69 Å². The first-order valence-electron chi connectivity index (χ1n) is 7.43. The molecule has 6 heteroatoms. The maximum absolute atomic E-state index is 5.56. The molecule has 3 rings (SSSR count). The van der Waals surface area contributed by atoms with Crippen LogP contribution < -0.4 is 20.1 Å². The summed E-state index contributed by atoms with van der Waals surface area (Å²) in [6, 6.07) is 16.1. The first-order valence-corrected chi connectivity index (χ1v) is 8.83. The lowest BCUT2D eigenvalue weighted by Gasteiger charge is -2.19. The first kappa shape index (κ1) is 16.0. The highest BCUT2D eigenvalue weighted by Gasteiger charge is 2.11. The normalized spacial score (nSPS) is 12.5. The summed E-state index contributed by atoms with van der Waals surface area (Å²) < 4.78 is 11.1. The van der Waals surface area contributed by atoms with Gasteiger partial charge in [0.15, 0.2) is 16.6 Å². The number of benzene rings is 2. The van der Waals surface area contributed by atoms with Gasteiger partial charge in [-0.1, -0.05) is 18.2 Å². The molecule has 0 saturated carbocycles. The minimum atomic E-state index is 0.579. The molecule has 0 aromatic heterocycles. The Balaban J connectivity index is 1.42. The largest absolute Gasteiger partial charge is 0.486 e. The Kier molecular flexibility index (Phi) is 5.60. The Morgan fingerprint density at radius 2 is 1.83 bits per heavy atom. The Labute approximate surface area is 145 Å². The molecule has 0 bridgehead atoms. The Hall–Kier alpha value is -1.92. The number of fused-ring (bicyclic) bond motifs is 1. The Bertz CT molecular complexity index is 665. The molecule has 0 fully saturated rings. The van der Waals surface area contributed by atoms with Crippen LogP contribution in [0.5, 0.6) is 11.5 Å². The van der Waals surface area contributed by atoms with E-state index in [4.69, 9.17) is 21.7 Å².